The van der Waals surface area contributed by atoms with Gasteiger partial charge in [-0.05, 0) is 24.1 Å². The topological polar surface area (TPSA) is 59.4 Å². The number of ether oxygens (including phenoxy) is 1. The molecule has 0 saturated carbocycles. The van der Waals surface area contributed by atoms with Crippen LogP contribution in [0.5, 0.6) is 5.75 Å². The highest BCUT2D eigenvalue weighted by molar-refractivity contribution is 7.09. The molecule has 5 heteroatoms. The minimum atomic E-state index is -0.237. The molecule has 1 heterocycles. The highest BCUT2D eigenvalue weighted by Gasteiger charge is 2.19. The summed E-state index contributed by atoms with van der Waals surface area (Å²) in [7, 11) is 1.39. The van der Waals surface area contributed by atoms with Gasteiger partial charge in [0.25, 0.3) is 0 Å². The lowest BCUT2D eigenvalue weighted by molar-refractivity contribution is -0.141. The van der Waals surface area contributed by atoms with Gasteiger partial charge in [-0.15, -0.1) is 11.3 Å². The third-order valence-corrected chi connectivity index (χ3v) is 3.80. The molecule has 0 fully saturated rings. The minimum absolute atomic E-state index is 0.0111. The molecule has 0 aliphatic rings. The van der Waals surface area contributed by atoms with Gasteiger partial charge in [0.2, 0.25) is 0 Å². The van der Waals surface area contributed by atoms with Gasteiger partial charge in [0, 0.05) is 17.5 Å². The summed E-state index contributed by atoms with van der Waals surface area (Å²) in [6.45, 7) is 0. The van der Waals surface area contributed by atoms with Crippen molar-refractivity contribution in [3.63, 3.8) is 0 Å². The lowest BCUT2D eigenvalue weighted by Crippen LogP contribution is -2.11. The van der Waals surface area contributed by atoms with Gasteiger partial charge in [-0.25, -0.2) is 4.98 Å². The van der Waals surface area contributed by atoms with E-state index in [1.165, 1.54) is 18.4 Å². The number of benzene rings is 1. The van der Waals surface area contributed by atoms with Crippen LogP contribution in [0, 0.1) is 0 Å². The van der Waals surface area contributed by atoms with Gasteiger partial charge in [0.05, 0.1) is 18.5 Å². The first-order chi connectivity index (χ1) is 9.19. The van der Waals surface area contributed by atoms with Crippen molar-refractivity contribution < 1.29 is 14.6 Å². The Balaban J connectivity index is 2.13. The van der Waals surface area contributed by atoms with E-state index in [1.807, 2.05) is 17.5 Å². The molecular weight excluding hydrogens is 262 g/mol. The van der Waals surface area contributed by atoms with Crippen molar-refractivity contribution in [2.45, 2.75) is 18.8 Å². The highest BCUT2D eigenvalue weighted by atomic mass is 32.1. The molecule has 0 saturated heterocycles. The van der Waals surface area contributed by atoms with Gasteiger partial charge in [0.15, 0.2) is 0 Å². The number of phenolic OH excluding ortho intramolecular Hbond substituents is 1. The first-order valence-electron chi connectivity index (χ1n) is 5.93. The lowest BCUT2D eigenvalue weighted by atomic mass is 9.96. The van der Waals surface area contributed by atoms with E-state index in [-0.39, 0.29) is 17.6 Å². The van der Waals surface area contributed by atoms with Gasteiger partial charge < -0.3 is 9.84 Å². The van der Waals surface area contributed by atoms with E-state index in [9.17, 15) is 9.90 Å². The number of thiazole rings is 1. The fourth-order valence-electron chi connectivity index (χ4n) is 1.88. The average molecular weight is 277 g/mol. The number of rotatable bonds is 5. The predicted octanol–water partition coefficient (Wildman–Crippen LogP) is 2.74. The van der Waals surface area contributed by atoms with Crippen LogP contribution in [0.3, 0.4) is 0 Å². The summed E-state index contributed by atoms with van der Waals surface area (Å²) in [5.41, 5.74) is 1.06. The molecular formula is C14H15NO3S. The van der Waals surface area contributed by atoms with Crippen molar-refractivity contribution in [1.82, 2.24) is 4.98 Å². The van der Waals surface area contributed by atoms with Crippen molar-refractivity contribution in [3.8, 4) is 5.75 Å². The lowest BCUT2D eigenvalue weighted by Gasteiger charge is -2.13. The van der Waals surface area contributed by atoms with Crippen LogP contribution in [0.4, 0.5) is 0 Å². The summed E-state index contributed by atoms with van der Waals surface area (Å²) in [4.78, 5) is 15.8. The quantitative estimate of drug-likeness (QED) is 0.854. The van der Waals surface area contributed by atoms with E-state index >= 15 is 0 Å². The molecule has 0 aliphatic carbocycles. The molecule has 0 bridgehead atoms. The maximum Gasteiger partial charge on any atom is 0.306 e. The van der Waals surface area contributed by atoms with Gasteiger partial charge >= 0.3 is 5.97 Å². The number of carbonyl (C=O) groups excluding carboxylic acids is 1. The molecule has 0 unspecified atom stereocenters. The second-order valence-electron chi connectivity index (χ2n) is 4.22. The smallest absolute Gasteiger partial charge is 0.306 e. The van der Waals surface area contributed by atoms with Crippen molar-refractivity contribution >= 4 is 17.3 Å². The van der Waals surface area contributed by atoms with E-state index in [2.05, 4.69) is 4.98 Å². The monoisotopic (exact) mass is 277 g/mol. The van der Waals surface area contributed by atoms with Gasteiger partial charge in [-0.3, -0.25) is 4.79 Å². The number of hydrogen-bond donors (Lipinski definition) is 1. The van der Waals surface area contributed by atoms with E-state index in [4.69, 9.17) is 4.74 Å². The van der Waals surface area contributed by atoms with E-state index in [1.54, 1.807) is 18.3 Å². The summed E-state index contributed by atoms with van der Waals surface area (Å²) in [6.07, 6.45) is 2.74. The van der Waals surface area contributed by atoms with Crippen LogP contribution in [-0.4, -0.2) is 23.2 Å². The van der Waals surface area contributed by atoms with E-state index in [0.717, 1.165) is 10.6 Å². The summed E-state index contributed by atoms with van der Waals surface area (Å²) in [5, 5.41) is 12.1. The zero-order valence-corrected chi connectivity index (χ0v) is 11.4. The number of methoxy groups -OCH3 is 1. The van der Waals surface area contributed by atoms with Crippen LogP contribution in [-0.2, 0) is 16.0 Å². The molecule has 1 atom stereocenters. The number of esters is 1. The Bertz CT molecular complexity index is 522. The van der Waals surface area contributed by atoms with Crippen LogP contribution in [0.15, 0.2) is 35.8 Å². The normalized spacial score (nSPS) is 12.1. The Hall–Kier alpha value is -1.88. The van der Waals surface area contributed by atoms with Crippen molar-refractivity contribution in [2.75, 3.05) is 7.11 Å². The van der Waals surface area contributed by atoms with Crippen LogP contribution in [0.2, 0.25) is 0 Å². The van der Waals surface area contributed by atoms with E-state index in [0.29, 0.717) is 12.8 Å². The highest BCUT2D eigenvalue weighted by Crippen LogP contribution is 2.27. The number of nitrogens with zero attached hydrogens (tertiary/aromatic N) is 1. The Kier molecular flexibility index (Phi) is 4.52. The summed E-state index contributed by atoms with van der Waals surface area (Å²) >= 11 is 1.54. The molecule has 0 amide bonds. The maximum absolute atomic E-state index is 11.5. The molecule has 2 aromatic rings. The second-order valence-corrected chi connectivity index (χ2v) is 5.14. The molecule has 1 aromatic heterocycles. The summed E-state index contributed by atoms with van der Waals surface area (Å²) in [6, 6.07) is 7.00. The minimum Gasteiger partial charge on any atom is -0.508 e. The molecule has 4 nitrogen and oxygen atoms in total. The first kappa shape index (κ1) is 13.5. The average Bonchev–Trinajstić information content (AvgIpc) is 2.94. The maximum atomic E-state index is 11.5. The van der Waals surface area contributed by atoms with Gasteiger partial charge in [-0.2, -0.15) is 0 Å². The largest absolute Gasteiger partial charge is 0.508 e. The summed E-state index contributed by atoms with van der Waals surface area (Å²) < 4.78 is 4.73. The summed E-state index contributed by atoms with van der Waals surface area (Å²) in [5.74, 6) is 0.0125. The Morgan fingerprint density at radius 1 is 1.42 bits per heavy atom. The zero-order chi connectivity index (χ0) is 13.7. The fraction of sp³-hybridized carbons (Fsp3) is 0.286. The van der Waals surface area contributed by atoms with Gasteiger partial charge in [-0.1, -0.05) is 12.1 Å². The Morgan fingerprint density at radius 2 is 2.16 bits per heavy atom. The number of aromatic nitrogens is 1. The molecule has 100 valence electrons. The Labute approximate surface area is 115 Å². The zero-order valence-electron chi connectivity index (χ0n) is 10.6. The SMILES string of the molecule is COC(=O)C[C@H](Cc1ccc(O)cc1)c1nccs1. The third-order valence-electron chi connectivity index (χ3n) is 2.86. The number of aromatic hydroxyl groups is 1. The molecule has 0 aliphatic heterocycles. The van der Waals surface area contributed by atoms with Crippen molar-refractivity contribution in [1.29, 1.82) is 0 Å². The molecule has 0 radical (unpaired) electrons. The van der Waals surface area contributed by atoms with Crippen molar-refractivity contribution in [3.05, 3.63) is 46.4 Å². The van der Waals surface area contributed by atoms with Crippen molar-refractivity contribution in [2.24, 2.45) is 0 Å². The molecule has 1 N–H and O–H groups in total. The first-order valence-corrected chi connectivity index (χ1v) is 6.81. The van der Waals surface area contributed by atoms with Gasteiger partial charge in [0.1, 0.15) is 5.75 Å². The third kappa shape index (κ3) is 3.79. The van der Waals surface area contributed by atoms with Crippen LogP contribution in [0.1, 0.15) is 22.9 Å². The number of phenols is 1. The van der Waals surface area contributed by atoms with Crippen LogP contribution >= 0.6 is 11.3 Å². The molecule has 19 heavy (non-hydrogen) atoms. The number of hydrogen-bond acceptors (Lipinski definition) is 5. The second kappa shape index (κ2) is 6.33. The van der Waals surface area contributed by atoms with E-state index < -0.39 is 0 Å². The molecule has 2 rings (SSSR count). The molecule has 0 spiro atoms. The fourth-order valence-corrected chi connectivity index (χ4v) is 2.63. The van der Waals surface area contributed by atoms with Crippen LogP contribution < -0.4 is 0 Å². The standard InChI is InChI=1S/C14H15NO3S/c1-18-13(17)9-11(14-15-6-7-19-14)8-10-2-4-12(16)5-3-10/h2-7,11,16H,8-9H2,1H3/t11-/m0/s1. The number of carbonyl (C=O) groups is 1. The van der Waals surface area contributed by atoms with Crippen LogP contribution in [0.25, 0.3) is 0 Å². The predicted molar refractivity (Wildman–Crippen MR) is 73.3 cm³/mol. The molecule has 1 aromatic carbocycles. The Morgan fingerprint density at radius 3 is 2.74 bits per heavy atom.